The van der Waals surface area contributed by atoms with Crippen LogP contribution in [0.4, 0.5) is 0 Å². The number of nitrogens with zero attached hydrogens (tertiary/aromatic N) is 2. The average molecular weight is 543 g/mol. The number of carbonyl (C=O) groups is 1. The molecule has 1 atom stereocenters. The van der Waals surface area contributed by atoms with Gasteiger partial charge >= 0.3 is 5.97 Å². The van der Waals surface area contributed by atoms with Gasteiger partial charge < -0.3 is 4.74 Å². The van der Waals surface area contributed by atoms with E-state index < -0.39 is 12.0 Å². The topological polar surface area (TPSA) is 60.7 Å². The Bertz CT molecular complexity index is 1720. The fraction of sp³-hybridized carbons (Fsp3) is 0.258. The van der Waals surface area contributed by atoms with Crippen molar-refractivity contribution < 1.29 is 9.53 Å². The highest BCUT2D eigenvalue weighted by atomic mass is 32.2. The Kier molecular flexibility index (Phi) is 7.68. The maximum atomic E-state index is 13.9. The predicted molar refractivity (Wildman–Crippen MR) is 156 cm³/mol. The van der Waals surface area contributed by atoms with Gasteiger partial charge in [0, 0.05) is 10.6 Å². The van der Waals surface area contributed by atoms with Crippen LogP contribution in [-0.4, -0.2) is 23.4 Å². The van der Waals surface area contributed by atoms with Crippen molar-refractivity contribution in [2.24, 2.45) is 10.9 Å². The number of rotatable bonds is 7. The Balaban J connectivity index is 1.71. The molecule has 0 radical (unpaired) electrons. The summed E-state index contributed by atoms with van der Waals surface area (Å²) in [7, 11) is 1.37. The number of methoxy groups -OCH3 is 1. The molecule has 194 valence electrons. The summed E-state index contributed by atoms with van der Waals surface area (Å²) in [6.07, 6.45) is 2.51. The van der Waals surface area contributed by atoms with Gasteiger partial charge in [0.15, 0.2) is 4.80 Å². The van der Waals surface area contributed by atoms with Gasteiger partial charge in [-0.25, -0.2) is 9.79 Å². The Labute approximate surface area is 230 Å². The lowest BCUT2D eigenvalue weighted by molar-refractivity contribution is -0.136. The van der Waals surface area contributed by atoms with E-state index in [1.165, 1.54) is 28.7 Å². The van der Waals surface area contributed by atoms with Crippen LogP contribution in [0.1, 0.15) is 44.4 Å². The Morgan fingerprint density at radius 3 is 2.47 bits per heavy atom. The molecule has 1 aliphatic heterocycles. The van der Waals surface area contributed by atoms with Crippen molar-refractivity contribution in [3.8, 4) is 0 Å². The molecule has 0 aliphatic carbocycles. The van der Waals surface area contributed by atoms with Crippen LogP contribution in [0.25, 0.3) is 16.8 Å². The maximum absolute atomic E-state index is 13.9. The number of thioether (sulfide) groups is 1. The van der Waals surface area contributed by atoms with Gasteiger partial charge in [-0.3, -0.25) is 9.36 Å². The van der Waals surface area contributed by atoms with Gasteiger partial charge in [-0.15, -0.1) is 11.8 Å². The van der Waals surface area contributed by atoms with E-state index in [0.717, 1.165) is 22.3 Å². The van der Waals surface area contributed by atoms with Crippen molar-refractivity contribution in [2.75, 3.05) is 12.9 Å². The van der Waals surface area contributed by atoms with Gasteiger partial charge in [-0.05, 0) is 46.4 Å². The second-order valence-corrected chi connectivity index (χ2v) is 11.7. The third kappa shape index (κ3) is 4.88. The van der Waals surface area contributed by atoms with E-state index in [1.807, 2.05) is 61.2 Å². The van der Waals surface area contributed by atoms with Crippen LogP contribution in [0.5, 0.6) is 0 Å². The molecule has 2 heterocycles. The fourth-order valence-corrected chi connectivity index (χ4v) is 6.78. The molecule has 5 rings (SSSR count). The first-order valence-corrected chi connectivity index (χ1v) is 14.6. The summed E-state index contributed by atoms with van der Waals surface area (Å²) < 4.78 is 7.37. The molecule has 38 heavy (non-hydrogen) atoms. The van der Waals surface area contributed by atoms with Crippen molar-refractivity contribution >= 4 is 45.9 Å². The van der Waals surface area contributed by atoms with Gasteiger partial charge in [-0.2, -0.15) is 0 Å². The van der Waals surface area contributed by atoms with Crippen LogP contribution in [0.3, 0.4) is 0 Å². The van der Waals surface area contributed by atoms with Crippen LogP contribution >= 0.6 is 23.1 Å². The zero-order valence-corrected chi connectivity index (χ0v) is 23.6. The maximum Gasteiger partial charge on any atom is 0.338 e. The van der Waals surface area contributed by atoms with Crippen LogP contribution in [-0.2, 0) is 9.53 Å². The van der Waals surface area contributed by atoms with Crippen LogP contribution in [0.2, 0.25) is 0 Å². The quantitative estimate of drug-likeness (QED) is 0.222. The summed E-state index contributed by atoms with van der Waals surface area (Å²) in [5, 5.41) is 2.29. The first-order valence-electron chi connectivity index (χ1n) is 12.8. The van der Waals surface area contributed by atoms with E-state index in [4.69, 9.17) is 9.73 Å². The number of thiazole rings is 1. The molecule has 4 aromatic rings. The molecule has 0 saturated heterocycles. The predicted octanol–water partition coefficient (Wildman–Crippen LogP) is 5.70. The first-order chi connectivity index (χ1) is 18.4. The Morgan fingerprint density at radius 2 is 1.79 bits per heavy atom. The van der Waals surface area contributed by atoms with E-state index in [-0.39, 0.29) is 5.56 Å². The van der Waals surface area contributed by atoms with E-state index in [9.17, 15) is 9.59 Å². The molecule has 0 bridgehead atoms. The first kappa shape index (κ1) is 26.2. The number of hydrogen-bond donors (Lipinski definition) is 0. The van der Waals surface area contributed by atoms with Gasteiger partial charge in [-0.1, -0.05) is 92.8 Å². The highest BCUT2D eigenvalue weighted by Gasteiger charge is 2.33. The standard InChI is InChI=1S/C31H30N2O3S2/c1-5-24-27(30(35)36-4)28(20-11-7-6-8-12-20)33-29(34)26(38-31(33)32-24)17-21-15-16-25(37-18-19(2)3)23-14-10-9-13-22(21)23/h6-17,19,28H,5,18H2,1-4H3/b26-17-/t28-/m0/s1. The average Bonchev–Trinajstić information content (AvgIpc) is 3.25. The monoisotopic (exact) mass is 542 g/mol. The highest BCUT2D eigenvalue weighted by molar-refractivity contribution is 7.99. The number of allylic oxidation sites excluding steroid dienone is 1. The molecule has 1 aliphatic rings. The van der Waals surface area contributed by atoms with E-state index in [1.54, 1.807) is 4.57 Å². The van der Waals surface area contributed by atoms with Crippen LogP contribution < -0.4 is 14.9 Å². The molecule has 0 fully saturated rings. The minimum absolute atomic E-state index is 0.165. The third-order valence-corrected chi connectivity index (χ3v) is 9.03. The Morgan fingerprint density at radius 1 is 1.08 bits per heavy atom. The number of ether oxygens (including phenoxy) is 1. The molecular formula is C31H30N2O3S2. The van der Waals surface area contributed by atoms with Gasteiger partial charge in [0.1, 0.15) is 0 Å². The van der Waals surface area contributed by atoms with Crippen LogP contribution in [0, 0.1) is 5.92 Å². The van der Waals surface area contributed by atoms with Crippen molar-refractivity contribution in [1.82, 2.24) is 4.57 Å². The third-order valence-electron chi connectivity index (χ3n) is 6.54. The fourth-order valence-electron chi connectivity index (χ4n) is 4.76. The molecule has 0 amide bonds. The molecule has 3 aromatic carbocycles. The summed E-state index contributed by atoms with van der Waals surface area (Å²) >= 11 is 3.22. The summed E-state index contributed by atoms with van der Waals surface area (Å²) in [6.45, 7) is 6.41. The molecule has 0 N–H and O–H groups in total. The lowest BCUT2D eigenvalue weighted by Gasteiger charge is -2.25. The SMILES string of the molecule is CCC1=C(C(=O)OC)[C@H](c2ccccc2)n2c(s/c(=C\c3ccc(SCC(C)C)c4ccccc34)c2=O)=N1. The van der Waals surface area contributed by atoms with E-state index in [0.29, 0.717) is 32.9 Å². The van der Waals surface area contributed by atoms with Crippen molar-refractivity contribution in [3.63, 3.8) is 0 Å². The van der Waals surface area contributed by atoms with Crippen molar-refractivity contribution in [1.29, 1.82) is 0 Å². The van der Waals surface area contributed by atoms with E-state index in [2.05, 4.69) is 44.2 Å². The zero-order valence-electron chi connectivity index (χ0n) is 21.9. The highest BCUT2D eigenvalue weighted by Crippen LogP contribution is 2.33. The normalized spacial score (nSPS) is 15.6. The number of fused-ring (bicyclic) bond motifs is 2. The van der Waals surface area contributed by atoms with Crippen molar-refractivity contribution in [3.05, 3.63) is 109 Å². The van der Waals surface area contributed by atoms with E-state index >= 15 is 0 Å². The number of benzene rings is 3. The minimum atomic E-state index is -0.594. The second-order valence-electron chi connectivity index (χ2n) is 9.60. The summed E-state index contributed by atoms with van der Waals surface area (Å²) in [5.74, 6) is 1.18. The minimum Gasteiger partial charge on any atom is -0.466 e. The zero-order chi connectivity index (χ0) is 26.8. The molecule has 7 heteroatoms. The second kappa shape index (κ2) is 11.1. The summed E-state index contributed by atoms with van der Waals surface area (Å²) in [4.78, 5) is 33.5. The number of aromatic nitrogens is 1. The summed E-state index contributed by atoms with van der Waals surface area (Å²) in [5.41, 5.74) is 2.73. The Hall–Kier alpha value is -3.42. The van der Waals surface area contributed by atoms with Gasteiger partial charge in [0.05, 0.1) is 29.0 Å². The molecule has 0 saturated carbocycles. The molecule has 5 nitrogen and oxygen atoms in total. The molecule has 0 spiro atoms. The number of hydrogen-bond acceptors (Lipinski definition) is 6. The molecule has 0 unspecified atom stereocenters. The largest absolute Gasteiger partial charge is 0.466 e. The van der Waals surface area contributed by atoms with Gasteiger partial charge in [0.25, 0.3) is 5.56 Å². The molecule has 1 aromatic heterocycles. The lowest BCUT2D eigenvalue weighted by Crippen LogP contribution is -2.40. The van der Waals surface area contributed by atoms with Crippen molar-refractivity contribution in [2.45, 2.75) is 38.1 Å². The number of carbonyl (C=O) groups excluding carboxylic acids is 1. The number of esters is 1. The lowest BCUT2D eigenvalue weighted by atomic mass is 9.95. The summed E-state index contributed by atoms with van der Waals surface area (Å²) in [6, 6.07) is 21.6. The van der Waals surface area contributed by atoms with Gasteiger partial charge in [0.2, 0.25) is 0 Å². The smallest absolute Gasteiger partial charge is 0.338 e. The molecular weight excluding hydrogens is 512 g/mol. The van der Waals surface area contributed by atoms with Crippen LogP contribution in [0.15, 0.2) is 92.7 Å².